The summed E-state index contributed by atoms with van der Waals surface area (Å²) in [5, 5.41) is 18.0. The molecule has 0 atom stereocenters. The van der Waals surface area contributed by atoms with Crippen molar-refractivity contribution in [2.24, 2.45) is 0 Å². The van der Waals surface area contributed by atoms with Gasteiger partial charge in [-0.3, -0.25) is 0 Å². The summed E-state index contributed by atoms with van der Waals surface area (Å²) in [6.45, 7) is -0.00516. The van der Waals surface area contributed by atoms with Crippen molar-refractivity contribution in [3.8, 4) is 11.6 Å². The van der Waals surface area contributed by atoms with Gasteiger partial charge in [-0.1, -0.05) is 29.8 Å². The van der Waals surface area contributed by atoms with Crippen LogP contribution in [0.3, 0.4) is 0 Å². The Morgan fingerprint density at radius 1 is 1.25 bits per heavy atom. The highest BCUT2D eigenvalue weighted by Gasteiger charge is 2.13. The molecule has 0 aliphatic rings. The van der Waals surface area contributed by atoms with Crippen LogP contribution in [0.25, 0.3) is 0 Å². The van der Waals surface area contributed by atoms with Crippen molar-refractivity contribution < 1.29 is 19.7 Å². The topological polar surface area (TPSA) is 79.7 Å². The molecule has 2 aromatic rings. The second-order valence-electron chi connectivity index (χ2n) is 3.97. The van der Waals surface area contributed by atoms with Crippen LogP contribution in [0.5, 0.6) is 11.6 Å². The Balaban J connectivity index is 2.31. The van der Waals surface area contributed by atoms with Gasteiger partial charge >= 0.3 is 5.97 Å². The van der Waals surface area contributed by atoms with Gasteiger partial charge in [0.2, 0.25) is 5.88 Å². The highest BCUT2D eigenvalue weighted by atomic mass is 35.5. The second kappa shape index (κ2) is 6.36. The van der Waals surface area contributed by atoms with Crippen LogP contribution in [0.15, 0.2) is 36.4 Å². The number of aliphatic hydroxyl groups excluding tert-OH is 1. The highest BCUT2D eigenvalue weighted by Crippen LogP contribution is 2.26. The fraction of sp³-hybridized carbons (Fsp3) is 0.143. The van der Waals surface area contributed by atoms with E-state index in [9.17, 15) is 4.79 Å². The largest absolute Gasteiger partial charge is 0.476 e. The predicted octanol–water partition coefficient (Wildman–Crippen LogP) is 2.76. The summed E-state index contributed by atoms with van der Waals surface area (Å²) in [6.07, 6.45) is 0.440. The molecule has 0 amide bonds. The van der Waals surface area contributed by atoms with Gasteiger partial charge in [0.05, 0.1) is 5.02 Å². The number of aromatic nitrogens is 1. The Hall–Kier alpha value is -2.11. The third-order valence-corrected chi connectivity index (χ3v) is 2.90. The van der Waals surface area contributed by atoms with Gasteiger partial charge in [-0.05, 0) is 24.1 Å². The number of carboxylic acid groups (broad SMARTS) is 1. The molecule has 6 heteroatoms. The molecule has 2 N–H and O–H groups in total. The molecule has 0 fully saturated rings. The molecule has 0 aliphatic heterocycles. The molecule has 0 bridgehead atoms. The van der Waals surface area contributed by atoms with Gasteiger partial charge in [0, 0.05) is 12.7 Å². The number of hydrogen-bond acceptors (Lipinski definition) is 4. The minimum Gasteiger partial charge on any atom is -0.476 e. The van der Waals surface area contributed by atoms with Crippen LogP contribution in [-0.2, 0) is 6.42 Å². The van der Waals surface area contributed by atoms with E-state index in [1.54, 1.807) is 12.1 Å². The van der Waals surface area contributed by atoms with Gasteiger partial charge in [0.25, 0.3) is 0 Å². The molecule has 2 rings (SSSR count). The van der Waals surface area contributed by atoms with Gasteiger partial charge in [-0.15, -0.1) is 0 Å². The fourth-order valence-electron chi connectivity index (χ4n) is 1.67. The molecular formula is C14H12ClNO4. The zero-order valence-corrected chi connectivity index (χ0v) is 11.2. The number of hydrogen-bond donors (Lipinski definition) is 2. The van der Waals surface area contributed by atoms with Gasteiger partial charge in [0.15, 0.2) is 5.69 Å². The van der Waals surface area contributed by atoms with Crippen molar-refractivity contribution in [2.45, 2.75) is 6.42 Å². The van der Waals surface area contributed by atoms with E-state index in [2.05, 4.69) is 4.98 Å². The maximum Gasteiger partial charge on any atom is 0.356 e. The van der Waals surface area contributed by atoms with E-state index in [1.807, 2.05) is 12.1 Å². The highest BCUT2D eigenvalue weighted by molar-refractivity contribution is 6.33. The summed E-state index contributed by atoms with van der Waals surface area (Å²) < 4.78 is 5.56. The van der Waals surface area contributed by atoms with Crippen LogP contribution in [0.4, 0.5) is 0 Å². The van der Waals surface area contributed by atoms with E-state index < -0.39 is 5.97 Å². The molecule has 0 unspecified atom stereocenters. The van der Waals surface area contributed by atoms with Crippen LogP contribution in [0.2, 0.25) is 5.02 Å². The summed E-state index contributed by atoms with van der Waals surface area (Å²) in [5.74, 6) is -0.561. The number of nitrogens with zero attached hydrogens (tertiary/aromatic N) is 1. The number of ether oxygens (including phenoxy) is 1. The van der Waals surface area contributed by atoms with E-state index in [4.69, 9.17) is 26.6 Å². The smallest absolute Gasteiger partial charge is 0.356 e. The standard InChI is InChI=1S/C14H12ClNO4/c15-10-5-6-12(16-13(10)14(18)19)20-11-4-2-1-3-9(11)7-8-17/h1-6,17H,7-8H2,(H,18,19). The second-order valence-corrected chi connectivity index (χ2v) is 4.38. The van der Waals surface area contributed by atoms with Crippen LogP contribution in [-0.4, -0.2) is 27.8 Å². The van der Waals surface area contributed by atoms with E-state index in [0.717, 1.165) is 5.56 Å². The number of pyridine rings is 1. The van der Waals surface area contributed by atoms with Gasteiger partial charge in [-0.2, -0.15) is 0 Å². The first-order valence-corrected chi connectivity index (χ1v) is 6.26. The molecule has 1 aromatic carbocycles. The van der Waals surface area contributed by atoms with E-state index in [0.29, 0.717) is 12.2 Å². The lowest BCUT2D eigenvalue weighted by atomic mass is 10.1. The average molecular weight is 294 g/mol. The zero-order chi connectivity index (χ0) is 14.5. The first-order valence-electron chi connectivity index (χ1n) is 5.88. The average Bonchev–Trinajstić information content (AvgIpc) is 2.43. The zero-order valence-electron chi connectivity index (χ0n) is 10.4. The Morgan fingerprint density at radius 2 is 2.00 bits per heavy atom. The summed E-state index contributed by atoms with van der Waals surface area (Å²) in [7, 11) is 0. The summed E-state index contributed by atoms with van der Waals surface area (Å²) in [5.41, 5.74) is 0.549. The van der Waals surface area contributed by atoms with Crippen molar-refractivity contribution in [1.82, 2.24) is 4.98 Å². The molecule has 0 saturated carbocycles. The normalized spacial score (nSPS) is 10.3. The number of rotatable bonds is 5. The molecule has 5 nitrogen and oxygen atoms in total. The molecule has 1 aromatic heterocycles. The molecule has 20 heavy (non-hydrogen) atoms. The van der Waals surface area contributed by atoms with Crippen molar-refractivity contribution in [1.29, 1.82) is 0 Å². The van der Waals surface area contributed by atoms with Crippen LogP contribution in [0, 0.1) is 0 Å². The van der Waals surface area contributed by atoms with Crippen LogP contribution < -0.4 is 4.74 Å². The van der Waals surface area contributed by atoms with Crippen LogP contribution in [0.1, 0.15) is 16.1 Å². The third kappa shape index (κ3) is 3.26. The number of para-hydroxylation sites is 1. The van der Waals surface area contributed by atoms with Crippen molar-refractivity contribution >= 4 is 17.6 Å². The Morgan fingerprint density at radius 3 is 2.70 bits per heavy atom. The molecular weight excluding hydrogens is 282 g/mol. The van der Waals surface area contributed by atoms with E-state index in [-0.39, 0.29) is 23.2 Å². The van der Waals surface area contributed by atoms with Gasteiger partial charge < -0.3 is 14.9 Å². The lowest BCUT2D eigenvalue weighted by Gasteiger charge is -2.10. The molecule has 1 heterocycles. The lowest BCUT2D eigenvalue weighted by Crippen LogP contribution is -2.03. The predicted molar refractivity (Wildman–Crippen MR) is 73.5 cm³/mol. The number of benzene rings is 1. The Kier molecular flexibility index (Phi) is 4.55. The monoisotopic (exact) mass is 293 g/mol. The fourth-order valence-corrected chi connectivity index (χ4v) is 1.86. The maximum absolute atomic E-state index is 11.0. The number of aliphatic hydroxyl groups is 1. The van der Waals surface area contributed by atoms with Crippen molar-refractivity contribution in [3.63, 3.8) is 0 Å². The maximum atomic E-state index is 11.0. The molecule has 104 valence electrons. The number of halogens is 1. The van der Waals surface area contributed by atoms with Crippen molar-refractivity contribution in [3.05, 3.63) is 52.7 Å². The molecule has 0 spiro atoms. The number of aromatic carboxylic acids is 1. The SMILES string of the molecule is O=C(O)c1nc(Oc2ccccc2CCO)ccc1Cl. The molecule has 0 aliphatic carbocycles. The third-order valence-electron chi connectivity index (χ3n) is 2.59. The Bertz CT molecular complexity index is 630. The van der Waals surface area contributed by atoms with E-state index >= 15 is 0 Å². The first-order chi connectivity index (χ1) is 9.61. The molecule has 0 saturated heterocycles. The van der Waals surface area contributed by atoms with Crippen molar-refractivity contribution in [2.75, 3.05) is 6.61 Å². The molecule has 0 radical (unpaired) electrons. The lowest BCUT2D eigenvalue weighted by molar-refractivity contribution is 0.0690. The summed E-state index contributed by atoms with van der Waals surface area (Å²) in [4.78, 5) is 14.8. The summed E-state index contributed by atoms with van der Waals surface area (Å²) >= 11 is 5.74. The minimum absolute atomic E-state index is 0.00516. The number of carboxylic acids is 1. The summed E-state index contributed by atoms with van der Waals surface area (Å²) in [6, 6.07) is 10.1. The van der Waals surface area contributed by atoms with Gasteiger partial charge in [-0.25, -0.2) is 9.78 Å². The van der Waals surface area contributed by atoms with Gasteiger partial charge in [0.1, 0.15) is 5.75 Å². The van der Waals surface area contributed by atoms with E-state index in [1.165, 1.54) is 12.1 Å². The first kappa shape index (κ1) is 14.3. The van der Waals surface area contributed by atoms with Crippen LogP contribution >= 0.6 is 11.6 Å². The Labute approximate surface area is 120 Å². The quantitative estimate of drug-likeness (QED) is 0.886. The minimum atomic E-state index is -1.22. The number of carbonyl (C=O) groups is 1.